The van der Waals surface area contributed by atoms with Gasteiger partial charge in [-0.3, -0.25) is 9.59 Å². The van der Waals surface area contributed by atoms with Crippen LogP contribution in [0, 0.1) is 17.0 Å². The molecule has 0 spiro atoms. The topological polar surface area (TPSA) is 90.7 Å². The maximum atomic E-state index is 13.5. The summed E-state index contributed by atoms with van der Waals surface area (Å²) >= 11 is 5.68. The number of hydrogen-bond acceptors (Lipinski definition) is 4. The number of hydrogen-bond donors (Lipinski definition) is 2. The molecule has 0 unspecified atom stereocenters. The zero-order valence-corrected chi connectivity index (χ0v) is 18.8. The van der Waals surface area contributed by atoms with E-state index in [9.17, 15) is 13.6 Å². The van der Waals surface area contributed by atoms with E-state index in [2.05, 4.69) is 18.0 Å². The summed E-state index contributed by atoms with van der Waals surface area (Å²) in [5.41, 5.74) is 4.37. The minimum absolute atomic E-state index is 0.0575. The highest BCUT2D eigenvalue weighted by molar-refractivity contribution is 6.30. The molecule has 0 radical (unpaired) electrons. The molecule has 0 atom stereocenters. The van der Waals surface area contributed by atoms with Crippen molar-refractivity contribution in [3.05, 3.63) is 64.7 Å². The summed E-state index contributed by atoms with van der Waals surface area (Å²) in [6.07, 6.45) is 1.71. The molecule has 2 amide bonds. The Morgan fingerprint density at radius 2 is 1.91 bits per heavy atom. The number of carbonyl (C=O) groups excluding carboxylic acids is 2. The van der Waals surface area contributed by atoms with Crippen LogP contribution in [-0.4, -0.2) is 31.1 Å². The van der Waals surface area contributed by atoms with Gasteiger partial charge in [-0.25, -0.2) is 8.78 Å². The van der Waals surface area contributed by atoms with Crippen LogP contribution in [0.3, 0.4) is 0 Å². The summed E-state index contributed by atoms with van der Waals surface area (Å²) in [5, 5.41) is 3.05. The van der Waals surface area contributed by atoms with E-state index in [1.54, 1.807) is 18.2 Å². The molecule has 6 nitrogen and oxygen atoms in total. The van der Waals surface area contributed by atoms with Crippen LogP contribution >= 0.6 is 11.6 Å². The summed E-state index contributed by atoms with van der Waals surface area (Å²) in [6.45, 7) is 4.53. The highest BCUT2D eigenvalue weighted by Crippen LogP contribution is 2.48. The van der Waals surface area contributed by atoms with Gasteiger partial charge >= 0.3 is 0 Å². The number of nitrogens with one attached hydrogen (secondary N) is 1. The Morgan fingerprint density at radius 3 is 2.53 bits per heavy atom. The normalized spacial score (nSPS) is 21.5. The second-order valence-electron chi connectivity index (χ2n) is 8.40. The fraction of sp³-hybridized carbons (Fsp3) is 0.391. The molecular formula is C23H27ClF2N2O4. The van der Waals surface area contributed by atoms with E-state index in [0.717, 1.165) is 12.8 Å². The molecule has 3 N–H and O–H groups in total. The lowest BCUT2D eigenvalue weighted by Gasteiger charge is -2.53. The van der Waals surface area contributed by atoms with Crippen LogP contribution in [0.4, 0.5) is 8.78 Å². The summed E-state index contributed by atoms with van der Waals surface area (Å²) in [6, 6.07) is 10.4. The lowest BCUT2D eigenvalue weighted by molar-refractivity contribution is -0.131. The number of carbonyl (C=O) groups is 2. The molecule has 174 valence electrons. The lowest BCUT2D eigenvalue weighted by Crippen LogP contribution is -2.61. The van der Waals surface area contributed by atoms with Gasteiger partial charge in [0.05, 0.1) is 18.2 Å². The number of halogens is 3. The van der Waals surface area contributed by atoms with Crippen LogP contribution in [0.5, 0.6) is 5.75 Å². The monoisotopic (exact) mass is 468 g/mol. The summed E-state index contributed by atoms with van der Waals surface area (Å²) in [4.78, 5) is 20.8. The molecule has 32 heavy (non-hydrogen) atoms. The van der Waals surface area contributed by atoms with Crippen molar-refractivity contribution >= 4 is 23.9 Å². The predicted octanol–water partition coefficient (Wildman–Crippen LogP) is 3.99. The van der Waals surface area contributed by atoms with Crippen molar-refractivity contribution in [2.75, 3.05) is 13.2 Å². The SMILES string of the molecule is CC1(COc2ccc(Cl)c(F)c2)CC(C)(NC(=O)COCc2cccc(F)c2)C1.NC=O. The smallest absolute Gasteiger partial charge is 0.246 e. The molecule has 2 aromatic rings. The van der Waals surface area contributed by atoms with Gasteiger partial charge in [0.1, 0.15) is 24.0 Å². The summed E-state index contributed by atoms with van der Waals surface area (Å²) < 4.78 is 37.7. The van der Waals surface area contributed by atoms with Gasteiger partial charge in [-0.05, 0) is 49.6 Å². The Kier molecular flexibility index (Phi) is 8.98. The minimum Gasteiger partial charge on any atom is -0.493 e. The Bertz CT molecular complexity index is 936. The fourth-order valence-corrected chi connectivity index (χ4v) is 4.23. The predicted molar refractivity (Wildman–Crippen MR) is 117 cm³/mol. The van der Waals surface area contributed by atoms with Crippen LogP contribution in [0.25, 0.3) is 0 Å². The molecule has 0 bridgehead atoms. The van der Waals surface area contributed by atoms with E-state index in [4.69, 9.17) is 25.9 Å². The minimum atomic E-state index is -0.515. The molecule has 1 fully saturated rings. The largest absolute Gasteiger partial charge is 0.493 e. The first-order valence-electron chi connectivity index (χ1n) is 9.94. The molecule has 0 aromatic heterocycles. The zero-order valence-electron chi connectivity index (χ0n) is 18.0. The van der Waals surface area contributed by atoms with E-state index in [1.165, 1.54) is 24.3 Å². The maximum Gasteiger partial charge on any atom is 0.246 e. The second-order valence-corrected chi connectivity index (χ2v) is 8.80. The number of nitrogens with two attached hydrogens (primary N) is 1. The van der Waals surface area contributed by atoms with E-state index < -0.39 is 5.82 Å². The zero-order chi connectivity index (χ0) is 23.8. The van der Waals surface area contributed by atoms with Crippen LogP contribution < -0.4 is 15.8 Å². The highest BCUT2D eigenvalue weighted by atomic mass is 35.5. The molecule has 2 aromatic carbocycles. The third-order valence-electron chi connectivity index (χ3n) is 4.94. The van der Waals surface area contributed by atoms with Crippen molar-refractivity contribution in [1.29, 1.82) is 0 Å². The Balaban J connectivity index is 0.00000114. The maximum absolute atomic E-state index is 13.5. The van der Waals surface area contributed by atoms with Gasteiger partial charge < -0.3 is 20.5 Å². The quantitative estimate of drug-likeness (QED) is 0.573. The molecule has 1 saturated carbocycles. The Hall–Kier alpha value is -2.71. The molecular weight excluding hydrogens is 442 g/mol. The molecule has 1 aliphatic carbocycles. The third-order valence-corrected chi connectivity index (χ3v) is 5.25. The van der Waals surface area contributed by atoms with E-state index in [1.807, 2.05) is 6.92 Å². The lowest BCUT2D eigenvalue weighted by atomic mass is 9.59. The van der Waals surface area contributed by atoms with Crippen molar-refractivity contribution in [3.63, 3.8) is 0 Å². The van der Waals surface area contributed by atoms with Crippen LogP contribution in [0.2, 0.25) is 5.02 Å². The standard InChI is InChI=1S/C22H24ClF2NO3.CH3NO/c1-21(14-29-17-6-7-18(23)19(25)9-17)12-22(2,13-21)26-20(27)11-28-10-15-4-3-5-16(24)8-15;2-1-3/h3-9H,10-14H2,1-2H3,(H,26,27);1H,(H2,2,3). The molecule has 9 heteroatoms. The average Bonchev–Trinajstić information content (AvgIpc) is 2.68. The van der Waals surface area contributed by atoms with Gasteiger partial charge in [-0.2, -0.15) is 0 Å². The number of amides is 2. The Morgan fingerprint density at radius 1 is 1.22 bits per heavy atom. The van der Waals surface area contributed by atoms with E-state index >= 15 is 0 Å². The van der Waals surface area contributed by atoms with Crippen molar-refractivity contribution in [2.24, 2.45) is 11.1 Å². The number of benzene rings is 2. The second kappa shape index (κ2) is 11.2. The average molecular weight is 469 g/mol. The number of ether oxygens (including phenoxy) is 2. The van der Waals surface area contributed by atoms with Crippen LogP contribution in [0.1, 0.15) is 32.3 Å². The summed E-state index contributed by atoms with van der Waals surface area (Å²) in [7, 11) is 0. The van der Waals surface area contributed by atoms with E-state index in [0.29, 0.717) is 17.9 Å². The van der Waals surface area contributed by atoms with Gasteiger partial charge in [0.15, 0.2) is 0 Å². The molecule has 1 aliphatic rings. The van der Waals surface area contributed by atoms with Gasteiger partial charge in [-0.1, -0.05) is 30.7 Å². The molecule has 3 rings (SSSR count). The first-order chi connectivity index (χ1) is 15.1. The molecule has 0 saturated heterocycles. The van der Waals surface area contributed by atoms with E-state index in [-0.39, 0.29) is 47.3 Å². The first kappa shape index (κ1) is 25.5. The van der Waals surface area contributed by atoms with Crippen molar-refractivity contribution < 1.29 is 27.8 Å². The van der Waals surface area contributed by atoms with Crippen molar-refractivity contribution in [3.8, 4) is 5.75 Å². The summed E-state index contributed by atoms with van der Waals surface area (Å²) in [5.74, 6) is -0.637. The van der Waals surface area contributed by atoms with Gasteiger partial charge in [-0.15, -0.1) is 0 Å². The van der Waals surface area contributed by atoms with Gasteiger partial charge in [0, 0.05) is 17.0 Å². The van der Waals surface area contributed by atoms with Crippen LogP contribution in [-0.2, 0) is 20.9 Å². The Labute approximate surface area is 191 Å². The van der Waals surface area contributed by atoms with Crippen molar-refractivity contribution in [2.45, 2.75) is 38.8 Å². The fourth-order valence-electron chi connectivity index (χ4n) is 4.11. The number of primary amides is 1. The molecule has 0 aliphatic heterocycles. The number of rotatable bonds is 8. The van der Waals surface area contributed by atoms with Gasteiger partial charge in [0.2, 0.25) is 12.3 Å². The van der Waals surface area contributed by atoms with Gasteiger partial charge in [0.25, 0.3) is 0 Å². The van der Waals surface area contributed by atoms with Crippen molar-refractivity contribution in [1.82, 2.24) is 5.32 Å². The first-order valence-corrected chi connectivity index (χ1v) is 10.3. The third kappa shape index (κ3) is 7.76. The van der Waals surface area contributed by atoms with Crippen LogP contribution in [0.15, 0.2) is 42.5 Å². The highest BCUT2D eigenvalue weighted by Gasteiger charge is 2.50. The molecule has 0 heterocycles.